The molecule has 26 heavy (non-hydrogen) atoms. The van der Waals surface area contributed by atoms with Gasteiger partial charge in [0.05, 0.1) is 6.04 Å². The molecule has 1 aliphatic heterocycles. The molecule has 138 valence electrons. The number of hydrogen-bond donors (Lipinski definition) is 0. The van der Waals surface area contributed by atoms with Crippen LogP contribution in [0.25, 0.3) is 0 Å². The van der Waals surface area contributed by atoms with Crippen LogP contribution in [0.2, 0.25) is 0 Å². The number of hydrogen-bond acceptors (Lipinski definition) is 4. The van der Waals surface area contributed by atoms with Gasteiger partial charge in [0, 0.05) is 20.1 Å². The third-order valence-corrected chi connectivity index (χ3v) is 4.57. The summed E-state index contributed by atoms with van der Waals surface area (Å²) in [5.74, 6) is 1.17. The molecule has 2 aromatic rings. The van der Waals surface area contributed by atoms with Gasteiger partial charge < -0.3 is 14.4 Å². The maximum atomic E-state index is 13.3. The molecule has 0 bridgehead atoms. The van der Waals surface area contributed by atoms with Crippen molar-refractivity contribution in [2.75, 3.05) is 20.9 Å². The van der Waals surface area contributed by atoms with Gasteiger partial charge in [0.25, 0.3) is 0 Å². The summed E-state index contributed by atoms with van der Waals surface area (Å²) in [5.41, 5.74) is 1.82. The Bertz CT molecular complexity index is 796. The van der Waals surface area contributed by atoms with Crippen LogP contribution in [-0.4, -0.2) is 42.6 Å². The van der Waals surface area contributed by atoms with Gasteiger partial charge >= 0.3 is 0 Å². The number of carbonyl (C=O) groups excluding carboxylic acids is 1. The zero-order valence-corrected chi connectivity index (χ0v) is 15.2. The van der Waals surface area contributed by atoms with E-state index in [1.54, 1.807) is 18.0 Å². The Morgan fingerprint density at radius 2 is 1.81 bits per heavy atom. The van der Waals surface area contributed by atoms with Crippen molar-refractivity contribution in [3.8, 4) is 11.5 Å². The van der Waals surface area contributed by atoms with Crippen LogP contribution in [0.4, 0.5) is 4.39 Å². The smallest absolute Gasteiger partial charge is 0.239 e. The molecule has 0 saturated heterocycles. The number of benzene rings is 2. The van der Waals surface area contributed by atoms with Crippen LogP contribution in [-0.2, 0) is 17.9 Å². The maximum absolute atomic E-state index is 13.3. The van der Waals surface area contributed by atoms with Crippen molar-refractivity contribution in [2.45, 2.75) is 26.1 Å². The number of ether oxygens (including phenoxy) is 2. The van der Waals surface area contributed by atoms with Crippen molar-refractivity contribution in [3.63, 3.8) is 0 Å². The van der Waals surface area contributed by atoms with E-state index in [0.29, 0.717) is 13.1 Å². The molecular formula is C20H23FN2O3. The molecule has 1 heterocycles. The second kappa shape index (κ2) is 7.74. The quantitative estimate of drug-likeness (QED) is 0.796. The SMILES string of the molecule is C[C@@H](C(=O)N(C)Cc1cccc(F)c1)N(C)Cc1ccc2c(c1)OCO2. The highest BCUT2D eigenvalue weighted by atomic mass is 19.1. The summed E-state index contributed by atoms with van der Waals surface area (Å²) in [4.78, 5) is 16.3. The van der Waals surface area contributed by atoms with Crippen LogP contribution in [0.15, 0.2) is 42.5 Å². The lowest BCUT2D eigenvalue weighted by Gasteiger charge is -2.28. The van der Waals surface area contributed by atoms with Gasteiger partial charge in [-0.1, -0.05) is 18.2 Å². The van der Waals surface area contributed by atoms with Crippen LogP contribution in [0, 0.1) is 5.82 Å². The van der Waals surface area contributed by atoms with Crippen LogP contribution in [0.3, 0.4) is 0 Å². The van der Waals surface area contributed by atoms with E-state index < -0.39 is 0 Å². The van der Waals surface area contributed by atoms with Crippen molar-refractivity contribution in [1.82, 2.24) is 9.80 Å². The van der Waals surface area contributed by atoms with Crippen LogP contribution in [0.5, 0.6) is 11.5 Å². The molecule has 1 amide bonds. The Morgan fingerprint density at radius 3 is 2.58 bits per heavy atom. The third kappa shape index (κ3) is 4.14. The Labute approximate surface area is 152 Å². The molecule has 1 atom stereocenters. The molecule has 0 aliphatic carbocycles. The highest BCUT2D eigenvalue weighted by Gasteiger charge is 2.22. The van der Waals surface area contributed by atoms with Crippen molar-refractivity contribution in [2.24, 2.45) is 0 Å². The van der Waals surface area contributed by atoms with E-state index in [1.165, 1.54) is 12.1 Å². The Hall–Kier alpha value is -2.60. The summed E-state index contributed by atoms with van der Waals surface area (Å²) in [5, 5.41) is 0. The molecule has 3 rings (SSSR count). The largest absolute Gasteiger partial charge is 0.454 e. The highest BCUT2D eigenvalue weighted by Crippen LogP contribution is 2.32. The van der Waals surface area contributed by atoms with Gasteiger partial charge in [-0.2, -0.15) is 0 Å². The second-order valence-electron chi connectivity index (χ2n) is 6.60. The zero-order valence-electron chi connectivity index (χ0n) is 15.2. The van der Waals surface area contributed by atoms with E-state index in [4.69, 9.17) is 9.47 Å². The second-order valence-corrected chi connectivity index (χ2v) is 6.60. The van der Waals surface area contributed by atoms with E-state index in [-0.39, 0.29) is 24.6 Å². The number of carbonyl (C=O) groups is 1. The molecule has 2 aromatic carbocycles. The first-order valence-corrected chi connectivity index (χ1v) is 8.52. The monoisotopic (exact) mass is 358 g/mol. The molecule has 0 N–H and O–H groups in total. The average Bonchev–Trinajstić information content (AvgIpc) is 3.08. The fourth-order valence-electron chi connectivity index (χ4n) is 2.96. The van der Waals surface area contributed by atoms with Crippen molar-refractivity contribution in [1.29, 1.82) is 0 Å². The fourth-order valence-corrected chi connectivity index (χ4v) is 2.96. The minimum atomic E-state index is -0.306. The molecule has 0 radical (unpaired) electrons. The Kier molecular flexibility index (Phi) is 5.42. The molecule has 0 spiro atoms. The highest BCUT2D eigenvalue weighted by molar-refractivity contribution is 5.81. The number of likely N-dealkylation sites (N-methyl/N-ethyl adjacent to an activating group) is 2. The minimum Gasteiger partial charge on any atom is -0.454 e. The number of halogens is 1. The fraction of sp³-hybridized carbons (Fsp3) is 0.350. The lowest BCUT2D eigenvalue weighted by molar-refractivity contribution is -0.135. The van der Waals surface area contributed by atoms with E-state index in [9.17, 15) is 9.18 Å². The molecule has 1 aliphatic rings. The summed E-state index contributed by atoms with van der Waals surface area (Å²) < 4.78 is 24.0. The van der Waals surface area contributed by atoms with Gasteiger partial charge in [-0.15, -0.1) is 0 Å². The molecule has 0 saturated carbocycles. The lowest BCUT2D eigenvalue weighted by Crippen LogP contribution is -2.43. The van der Waals surface area contributed by atoms with Crippen molar-refractivity contribution >= 4 is 5.91 Å². The number of rotatable bonds is 6. The normalized spacial score (nSPS) is 13.7. The van der Waals surface area contributed by atoms with Crippen molar-refractivity contribution in [3.05, 3.63) is 59.4 Å². The van der Waals surface area contributed by atoms with E-state index >= 15 is 0 Å². The number of amides is 1. The summed E-state index contributed by atoms with van der Waals surface area (Å²) in [6.45, 7) is 3.10. The average molecular weight is 358 g/mol. The maximum Gasteiger partial charge on any atom is 0.239 e. The number of nitrogens with zero attached hydrogens (tertiary/aromatic N) is 2. The van der Waals surface area contributed by atoms with Gasteiger partial charge in [-0.25, -0.2) is 4.39 Å². The predicted molar refractivity (Wildman–Crippen MR) is 96.4 cm³/mol. The molecule has 5 nitrogen and oxygen atoms in total. The predicted octanol–water partition coefficient (Wildman–Crippen LogP) is 3.03. The first-order chi connectivity index (χ1) is 12.4. The Morgan fingerprint density at radius 1 is 1.08 bits per heavy atom. The molecule has 0 unspecified atom stereocenters. The van der Waals surface area contributed by atoms with Crippen LogP contribution >= 0.6 is 0 Å². The van der Waals surface area contributed by atoms with E-state index in [1.807, 2.05) is 43.1 Å². The molecular weight excluding hydrogens is 335 g/mol. The van der Waals surface area contributed by atoms with Gasteiger partial charge in [-0.3, -0.25) is 9.69 Å². The molecule has 0 aromatic heterocycles. The van der Waals surface area contributed by atoms with Gasteiger partial charge in [0.1, 0.15) is 5.82 Å². The van der Waals surface area contributed by atoms with Crippen molar-refractivity contribution < 1.29 is 18.7 Å². The summed E-state index contributed by atoms with van der Waals surface area (Å²) in [7, 11) is 3.64. The van der Waals surface area contributed by atoms with Crippen LogP contribution < -0.4 is 9.47 Å². The molecule has 6 heteroatoms. The van der Waals surface area contributed by atoms with Crippen LogP contribution in [0.1, 0.15) is 18.1 Å². The first kappa shape index (κ1) is 18.2. The van der Waals surface area contributed by atoms with Gasteiger partial charge in [0.15, 0.2) is 11.5 Å². The van der Waals surface area contributed by atoms with Gasteiger partial charge in [0.2, 0.25) is 12.7 Å². The van der Waals surface area contributed by atoms with E-state index in [0.717, 1.165) is 22.6 Å². The van der Waals surface area contributed by atoms with Gasteiger partial charge in [-0.05, 0) is 49.4 Å². The Balaban J connectivity index is 1.60. The molecule has 0 fully saturated rings. The number of fused-ring (bicyclic) bond motifs is 1. The lowest BCUT2D eigenvalue weighted by atomic mass is 10.1. The topological polar surface area (TPSA) is 42.0 Å². The summed E-state index contributed by atoms with van der Waals surface area (Å²) in [6, 6.07) is 11.8. The third-order valence-electron chi connectivity index (χ3n) is 4.57. The first-order valence-electron chi connectivity index (χ1n) is 8.52. The summed E-state index contributed by atoms with van der Waals surface area (Å²) >= 11 is 0. The summed E-state index contributed by atoms with van der Waals surface area (Å²) in [6.07, 6.45) is 0. The van der Waals surface area contributed by atoms with E-state index in [2.05, 4.69) is 0 Å². The standard InChI is InChI=1S/C20H23FN2O3/c1-14(20(24)23(3)12-15-5-4-6-17(21)9-15)22(2)11-16-7-8-18-19(10-16)26-13-25-18/h4-10,14H,11-13H2,1-3H3/t14-/m0/s1. The minimum absolute atomic E-state index is 0.0162. The zero-order chi connectivity index (χ0) is 18.7.